The topological polar surface area (TPSA) is 25.2 Å². The molecule has 3 rings (SSSR count). The van der Waals surface area contributed by atoms with Crippen LogP contribution in [0.4, 0.5) is 5.13 Å². The van der Waals surface area contributed by atoms with Crippen LogP contribution in [0, 0.1) is 0 Å². The molecule has 0 bridgehead atoms. The average molecular weight is 238 g/mol. The largest absolute Gasteiger partial charge is 0.227 e. The number of fused-ring (bicyclic) bond motifs is 1. The van der Waals surface area contributed by atoms with Crippen molar-refractivity contribution in [1.82, 2.24) is 4.98 Å². The highest BCUT2D eigenvalue weighted by molar-refractivity contribution is 7.22. The Morgan fingerprint density at radius 3 is 2.53 bits per heavy atom. The van der Waals surface area contributed by atoms with E-state index in [1.165, 1.54) is 4.70 Å². The normalized spacial score (nSPS) is 11.3. The zero-order valence-corrected chi connectivity index (χ0v) is 9.89. The number of aliphatic imine (C=N–C) groups is 1. The zero-order valence-electron chi connectivity index (χ0n) is 9.08. The molecule has 0 radical (unpaired) electrons. The minimum atomic E-state index is 0.801. The molecular weight excluding hydrogens is 228 g/mol. The molecule has 0 aliphatic heterocycles. The Morgan fingerprint density at radius 1 is 0.941 bits per heavy atom. The Balaban J connectivity index is 1.92. The van der Waals surface area contributed by atoms with Crippen LogP contribution in [0.2, 0.25) is 0 Å². The number of nitrogens with zero attached hydrogens (tertiary/aromatic N) is 2. The standard InChI is InChI=1S/C14H10N2S/c1-2-6-11(7-3-1)10-15-14-16-12-8-4-5-9-13(12)17-14/h1-10H. The van der Waals surface area contributed by atoms with Crippen molar-refractivity contribution in [3.63, 3.8) is 0 Å². The predicted octanol–water partition coefficient (Wildman–Crippen LogP) is 4.05. The molecule has 0 amide bonds. The lowest BCUT2D eigenvalue weighted by molar-refractivity contribution is 1.41. The number of thiazole rings is 1. The fourth-order valence-corrected chi connectivity index (χ4v) is 2.40. The van der Waals surface area contributed by atoms with Gasteiger partial charge in [-0.05, 0) is 17.7 Å². The van der Waals surface area contributed by atoms with Gasteiger partial charge in [0.05, 0.1) is 10.2 Å². The van der Waals surface area contributed by atoms with E-state index in [-0.39, 0.29) is 0 Å². The lowest BCUT2D eigenvalue weighted by Crippen LogP contribution is -1.77. The van der Waals surface area contributed by atoms with Gasteiger partial charge in [-0.1, -0.05) is 53.8 Å². The lowest BCUT2D eigenvalue weighted by Gasteiger charge is -1.88. The summed E-state index contributed by atoms with van der Waals surface area (Å²) in [4.78, 5) is 8.84. The van der Waals surface area contributed by atoms with Crippen LogP contribution < -0.4 is 0 Å². The summed E-state index contributed by atoms with van der Waals surface area (Å²) in [6.45, 7) is 0. The molecule has 2 nitrogen and oxygen atoms in total. The number of aromatic nitrogens is 1. The van der Waals surface area contributed by atoms with Gasteiger partial charge >= 0.3 is 0 Å². The Morgan fingerprint density at radius 2 is 1.71 bits per heavy atom. The summed E-state index contributed by atoms with van der Waals surface area (Å²) in [5.74, 6) is 0. The Labute approximate surface area is 103 Å². The van der Waals surface area contributed by atoms with Crippen molar-refractivity contribution in [3.8, 4) is 0 Å². The van der Waals surface area contributed by atoms with Crippen molar-refractivity contribution >= 4 is 32.9 Å². The number of hydrogen-bond acceptors (Lipinski definition) is 3. The van der Waals surface area contributed by atoms with Crippen LogP contribution >= 0.6 is 11.3 Å². The van der Waals surface area contributed by atoms with E-state index in [9.17, 15) is 0 Å². The summed E-state index contributed by atoms with van der Waals surface area (Å²) in [5.41, 5.74) is 2.10. The second-order valence-electron chi connectivity index (χ2n) is 3.63. The van der Waals surface area contributed by atoms with Gasteiger partial charge < -0.3 is 0 Å². The predicted molar refractivity (Wildman–Crippen MR) is 73.3 cm³/mol. The van der Waals surface area contributed by atoms with E-state index in [4.69, 9.17) is 0 Å². The number of para-hydroxylation sites is 1. The first-order valence-electron chi connectivity index (χ1n) is 5.36. The fraction of sp³-hybridized carbons (Fsp3) is 0. The summed E-state index contributed by atoms with van der Waals surface area (Å²) < 4.78 is 1.17. The van der Waals surface area contributed by atoms with E-state index < -0.39 is 0 Å². The fourth-order valence-electron chi connectivity index (χ4n) is 1.58. The van der Waals surface area contributed by atoms with E-state index >= 15 is 0 Å². The molecule has 3 aromatic rings. The first kappa shape index (κ1) is 10.2. The van der Waals surface area contributed by atoms with E-state index in [2.05, 4.69) is 16.0 Å². The van der Waals surface area contributed by atoms with Crippen molar-refractivity contribution < 1.29 is 0 Å². The molecule has 3 heteroatoms. The zero-order chi connectivity index (χ0) is 11.5. The maximum Gasteiger partial charge on any atom is 0.210 e. The number of rotatable bonds is 2. The molecular formula is C14H10N2S. The molecule has 0 aliphatic carbocycles. The van der Waals surface area contributed by atoms with Gasteiger partial charge in [-0.3, -0.25) is 0 Å². The first-order chi connectivity index (χ1) is 8.42. The van der Waals surface area contributed by atoms with Gasteiger partial charge in [0.25, 0.3) is 0 Å². The Hall–Kier alpha value is -2.00. The van der Waals surface area contributed by atoms with Gasteiger partial charge in [-0.2, -0.15) is 0 Å². The highest BCUT2D eigenvalue weighted by Gasteiger charge is 1.99. The van der Waals surface area contributed by atoms with Gasteiger partial charge in [0.15, 0.2) is 0 Å². The quantitative estimate of drug-likeness (QED) is 0.618. The van der Waals surface area contributed by atoms with Gasteiger partial charge in [-0.25, -0.2) is 9.98 Å². The summed E-state index contributed by atoms with van der Waals surface area (Å²) in [6, 6.07) is 18.1. The average Bonchev–Trinajstić information content (AvgIpc) is 2.80. The third-order valence-electron chi connectivity index (χ3n) is 2.41. The van der Waals surface area contributed by atoms with Gasteiger partial charge in [-0.15, -0.1) is 0 Å². The maximum atomic E-state index is 4.45. The molecule has 0 fully saturated rings. The summed E-state index contributed by atoms with van der Waals surface area (Å²) in [7, 11) is 0. The molecule has 0 spiro atoms. The third-order valence-corrected chi connectivity index (χ3v) is 3.35. The summed E-state index contributed by atoms with van der Waals surface area (Å²) in [5, 5.41) is 0.801. The highest BCUT2D eigenvalue weighted by atomic mass is 32.1. The minimum absolute atomic E-state index is 0.801. The van der Waals surface area contributed by atoms with Crippen molar-refractivity contribution in [2.75, 3.05) is 0 Å². The summed E-state index contributed by atoms with van der Waals surface area (Å²) >= 11 is 1.61. The monoisotopic (exact) mass is 238 g/mol. The molecule has 0 aliphatic rings. The minimum Gasteiger partial charge on any atom is -0.227 e. The Kier molecular flexibility index (Phi) is 2.68. The third kappa shape index (κ3) is 2.24. The number of hydrogen-bond donors (Lipinski definition) is 0. The van der Waals surface area contributed by atoms with Gasteiger partial charge in [0, 0.05) is 6.21 Å². The first-order valence-corrected chi connectivity index (χ1v) is 6.18. The van der Waals surface area contributed by atoms with Crippen molar-refractivity contribution in [1.29, 1.82) is 0 Å². The van der Waals surface area contributed by atoms with Crippen LogP contribution in [0.15, 0.2) is 59.6 Å². The van der Waals surface area contributed by atoms with Gasteiger partial charge in [0.2, 0.25) is 5.13 Å². The molecule has 1 aromatic heterocycles. The smallest absolute Gasteiger partial charge is 0.210 e. The van der Waals surface area contributed by atoms with Crippen molar-refractivity contribution in [3.05, 3.63) is 60.2 Å². The molecule has 0 N–H and O–H groups in total. The molecule has 0 unspecified atom stereocenters. The van der Waals surface area contributed by atoms with Crippen LogP contribution in [0.1, 0.15) is 5.56 Å². The molecule has 82 valence electrons. The van der Waals surface area contributed by atoms with Crippen LogP contribution in [-0.2, 0) is 0 Å². The van der Waals surface area contributed by atoms with E-state index in [0.29, 0.717) is 0 Å². The molecule has 0 atom stereocenters. The van der Waals surface area contributed by atoms with E-state index in [0.717, 1.165) is 16.2 Å². The second-order valence-corrected chi connectivity index (χ2v) is 4.64. The Bertz CT molecular complexity index is 623. The molecule has 17 heavy (non-hydrogen) atoms. The maximum absolute atomic E-state index is 4.45. The second kappa shape index (κ2) is 4.47. The van der Waals surface area contributed by atoms with Crippen molar-refractivity contribution in [2.24, 2.45) is 4.99 Å². The van der Waals surface area contributed by atoms with E-state index in [1.807, 2.05) is 54.7 Å². The van der Waals surface area contributed by atoms with Crippen LogP contribution in [-0.4, -0.2) is 11.2 Å². The molecule has 1 heterocycles. The summed E-state index contributed by atoms with van der Waals surface area (Å²) in [6.07, 6.45) is 1.84. The lowest BCUT2D eigenvalue weighted by atomic mass is 10.2. The SMILES string of the molecule is C(=Nc1nc2ccccc2s1)c1ccccc1. The van der Waals surface area contributed by atoms with Crippen molar-refractivity contribution in [2.45, 2.75) is 0 Å². The highest BCUT2D eigenvalue weighted by Crippen LogP contribution is 2.27. The van der Waals surface area contributed by atoms with Crippen LogP contribution in [0.25, 0.3) is 10.2 Å². The number of benzene rings is 2. The molecule has 0 saturated heterocycles. The molecule has 2 aromatic carbocycles. The van der Waals surface area contributed by atoms with E-state index in [1.54, 1.807) is 11.3 Å². The van der Waals surface area contributed by atoms with Crippen LogP contribution in [0.5, 0.6) is 0 Å². The van der Waals surface area contributed by atoms with Crippen LogP contribution in [0.3, 0.4) is 0 Å². The molecule has 0 saturated carbocycles. The van der Waals surface area contributed by atoms with Gasteiger partial charge in [0.1, 0.15) is 0 Å².